The molecular weight excluding hydrogens is 220 g/mol. The van der Waals surface area contributed by atoms with Crippen LogP contribution < -0.4 is 5.32 Å². The highest BCUT2D eigenvalue weighted by Crippen LogP contribution is 2.08. The molecule has 0 aromatic heterocycles. The number of amides is 1. The van der Waals surface area contributed by atoms with E-state index in [9.17, 15) is 9.59 Å². The Balaban J connectivity index is 2.01. The first kappa shape index (κ1) is 14.0. The van der Waals surface area contributed by atoms with Crippen LogP contribution in [0.15, 0.2) is 0 Å². The molecule has 0 aromatic carbocycles. The number of hydrogen-bond donors (Lipinski definition) is 1. The van der Waals surface area contributed by atoms with Crippen LogP contribution in [-0.2, 0) is 14.3 Å². The largest absolute Gasteiger partial charge is 0.469 e. The number of nitrogens with one attached hydrogen (secondary N) is 1. The fourth-order valence-electron chi connectivity index (χ4n) is 1.91. The SMILES string of the molecule is COC(=O)CCCNCC(=O)N1CCCCC1. The molecule has 1 heterocycles. The summed E-state index contributed by atoms with van der Waals surface area (Å²) in [6.45, 7) is 2.83. The molecule has 1 amide bonds. The summed E-state index contributed by atoms with van der Waals surface area (Å²) in [5, 5.41) is 3.06. The van der Waals surface area contributed by atoms with Crippen molar-refractivity contribution in [2.75, 3.05) is 33.3 Å². The molecule has 1 saturated heterocycles. The molecule has 1 aliphatic heterocycles. The second-order valence-electron chi connectivity index (χ2n) is 4.30. The number of methoxy groups -OCH3 is 1. The molecule has 1 rings (SSSR count). The van der Waals surface area contributed by atoms with Crippen LogP contribution in [0.2, 0.25) is 0 Å². The second kappa shape index (κ2) is 8.06. The Morgan fingerprint density at radius 1 is 1.24 bits per heavy atom. The zero-order chi connectivity index (χ0) is 12.5. The van der Waals surface area contributed by atoms with Gasteiger partial charge in [0.25, 0.3) is 0 Å². The summed E-state index contributed by atoms with van der Waals surface area (Å²) >= 11 is 0. The van der Waals surface area contributed by atoms with E-state index in [1.54, 1.807) is 0 Å². The standard InChI is InChI=1S/C12H22N2O3/c1-17-12(16)6-5-7-13-10-11(15)14-8-3-2-4-9-14/h13H,2-10H2,1H3. The zero-order valence-corrected chi connectivity index (χ0v) is 10.5. The summed E-state index contributed by atoms with van der Waals surface area (Å²) in [5.74, 6) is -0.0306. The van der Waals surface area contributed by atoms with Crippen LogP contribution in [0.5, 0.6) is 0 Å². The van der Waals surface area contributed by atoms with E-state index >= 15 is 0 Å². The Hall–Kier alpha value is -1.10. The van der Waals surface area contributed by atoms with Gasteiger partial charge in [0.15, 0.2) is 0 Å². The fourth-order valence-corrected chi connectivity index (χ4v) is 1.91. The molecule has 0 saturated carbocycles. The molecule has 0 unspecified atom stereocenters. The van der Waals surface area contributed by atoms with Gasteiger partial charge in [0, 0.05) is 19.5 Å². The van der Waals surface area contributed by atoms with Crippen LogP contribution in [0.25, 0.3) is 0 Å². The average Bonchev–Trinajstić information content (AvgIpc) is 2.38. The number of piperidine rings is 1. The van der Waals surface area contributed by atoms with Crippen molar-refractivity contribution in [1.29, 1.82) is 0 Å². The van der Waals surface area contributed by atoms with E-state index in [0.717, 1.165) is 25.9 Å². The smallest absolute Gasteiger partial charge is 0.305 e. The van der Waals surface area contributed by atoms with Crippen molar-refractivity contribution >= 4 is 11.9 Å². The first-order valence-corrected chi connectivity index (χ1v) is 6.29. The third-order valence-corrected chi connectivity index (χ3v) is 2.95. The van der Waals surface area contributed by atoms with Gasteiger partial charge in [0.2, 0.25) is 5.91 Å². The second-order valence-corrected chi connectivity index (χ2v) is 4.30. The number of carbonyl (C=O) groups excluding carboxylic acids is 2. The molecule has 0 spiro atoms. The monoisotopic (exact) mass is 242 g/mol. The van der Waals surface area contributed by atoms with Crippen molar-refractivity contribution in [1.82, 2.24) is 10.2 Å². The minimum Gasteiger partial charge on any atom is -0.469 e. The Kier molecular flexibility index (Phi) is 6.62. The molecule has 5 nitrogen and oxygen atoms in total. The predicted octanol–water partition coefficient (Wildman–Crippen LogP) is 0.542. The maximum absolute atomic E-state index is 11.7. The Morgan fingerprint density at radius 3 is 2.59 bits per heavy atom. The van der Waals surface area contributed by atoms with Crippen LogP contribution in [0.1, 0.15) is 32.1 Å². The molecule has 0 aromatic rings. The normalized spacial score (nSPS) is 15.7. The minimum atomic E-state index is -0.200. The van der Waals surface area contributed by atoms with Gasteiger partial charge in [-0.15, -0.1) is 0 Å². The Bertz CT molecular complexity index is 250. The first-order valence-electron chi connectivity index (χ1n) is 6.29. The first-order chi connectivity index (χ1) is 8.24. The summed E-state index contributed by atoms with van der Waals surface area (Å²) in [6.07, 6.45) is 4.58. The van der Waals surface area contributed by atoms with Crippen molar-refractivity contribution in [2.45, 2.75) is 32.1 Å². The third kappa shape index (κ3) is 5.68. The van der Waals surface area contributed by atoms with Gasteiger partial charge in [-0.2, -0.15) is 0 Å². The molecule has 1 fully saturated rings. The van der Waals surface area contributed by atoms with Crippen LogP contribution in [-0.4, -0.2) is 50.1 Å². The zero-order valence-electron chi connectivity index (χ0n) is 10.5. The maximum Gasteiger partial charge on any atom is 0.305 e. The lowest BCUT2D eigenvalue weighted by Crippen LogP contribution is -2.41. The van der Waals surface area contributed by atoms with Gasteiger partial charge in [-0.25, -0.2) is 0 Å². The number of esters is 1. The highest BCUT2D eigenvalue weighted by molar-refractivity contribution is 5.78. The van der Waals surface area contributed by atoms with Gasteiger partial charge in [-0.1, -0.05) is 0 Å². The molecule has 5 heteroatoms. The number of nitrogens with zero attached hydrogens (tertiary/aromatic N) is 1. The number of carbonyl (C=O) groups is 2. The summed E-state index contributed by atoms with van der Waals surface area (Å²) in [6, 6.07) is 0. The highest BCUT2D eigenvalue weighted by Gasteiger charge is 2.15. The van der Waals surface area contributed by atoms with Gasteiger partial charge < -0.3 is 15.0 Å². The van der Waals surface area contributed by atoms with E-state index in [-0.39, 0.29) is 11.9 Å². The van der Waals surface area contributed by atoms with Crippen molar-refractivity contribution in [2.24, 2.45) is 0 Å². The molecule has 0 radical (unpaired) electrons. The lowest BCUT2D eigenvalue weighted by molar-refractivity contribution is -0.140. The molecule has 1 aliphatic rings. The van der Waals surface area contributed by atoms with E-state index in [1.165, 1.54) is 13.5 Å². The van der Waals surface area contributed by atoms with Gasteiger partial charge in [-0.05, 0) is 32.2 Å². The third-order valence-electron chi connectivity index (χ3n) is 2.95. The van der Waals surface area contributed by atoms with Crippen LogP contribution in [0.3, 0.4) is 0 Å². The lowest BCUT2D eigenvalue weighted by Gasteiger charge is -2.26. The average molecular weight is 242 g/mol. The number of rotatable bonds is 6. The Morgan fingerprint density at radius 2 is 1.94 bits per heavy atom. The highest BCUT2D eigenvalue weighted by atomic mass is 16.5. The van der Waals surface area contributed by atoms with Crippen LogP contribution in [0, 0.1) is 0 Å². The van der Waals surface area contributed by atoms with Crippen molar-refractivity contribution < 1.29 is 14.3 Å². The van der Waals surface area contributed by atoms with Gasteiger partial charge in [-0.3, -0.25) is 9.59 Å². The quantitative estimate of drug-likeness (QED) is 0.545. The summed E-state index contributed by atoms with van der Waals surface area (Å²) < 4.78 is 4.53. The molecule has 1 N–H and O–H groups in total. The molecular formula is C12H22N2O3. The van der Waals surface area contributed by atoms with E-state index in [2.05, 4.69) is 10.1 Å². The lowest BCUT2D eigenvalue weighted by atomic mass is 10.1. The molecule has 0 aliphatic carbocycles. The van der Waals surface area contributed by atoms with E-state index in [1.807, 2.05) is 4.90 Å². The van der Waals surface area contributed by atoms with Crippen LogP contribution >= 0.6 is 0 Å². The van der Waals surface area contributed by atoms with Crippen molar-refractivity contribution in [3.05, 3.63) is 0 Å². The van der Waals surface area contributed by atoms with Crippen molar-refractivity contribution in [3.8, 4) is 0 Å². The van der Waals surface area contributed by atoms with Gasteiger partial charge >= 0.3 is 5.97 Å². The topological polar surface area (TPSA) is 58.6 Å². The predicted molar refractivity (Wildman–Crippen MR) is 64.6 cm³/mol. The molecule has 0 atom stereocenters. The summed E-state index contributed by atoms with van der Waals surface area (Å²) in [5.41, 5.74) is 0. The van der Waals surface area contributed by atoms with Crippen LogP contribution in [0.4, 0.5) is 0 Å². The van der Waals surface area contributed by atoms with Gasteiger partial charge in [0.1, 0.15) is 0 Å². The molecule has 0 bridgehead atoms. The fraction of sp³-hybridized carbons (Fsp3) is 0.833. The number of likely N-dealkylation sites (tertiary alicyclic amines) is 1. The number of hydrogen-bond acceptors (Lipinski definition) is 4. The molecule has 17 heavy (non-hydrogen) atoms. The number of ether oxygens (including phenoxy) is 1. The van der Waals surface area contributed by atoms with E-state index < -0.39 is 0 Å². The molecule has 98 valence electrons. The summed E-state index contributed by atoms with van der Waals surface area (Å²) in [4.78, 5) is 24.5. The Labute approximate surface area is 102 Å². The van der Waals surface area contributed by atoms with Gasteiger partial charge in [0.05, 0.1) is 13.7 Å². The van der Waals surface area contributed by atoms with E-state index in [0.29, 0.717) is 25.9 Å². The minimum absolute atomic E-state index is 0.169. The van der Waals surface area contributed by atoms with Crippen molar-refractivity contribution in [3.63, 3.8) is 0 Å². The summed E-state index contributed by atoms with van der Waals surface area (Å²) in [7, 11) is 1.38. The maximum atomic E-state index is 11.7. The van der Waals surface area contributed by atoms with E-state index in [4.69, 9.17) is 0 Å².